The van der Waals surface area contributed by atoms with Gasteiger partial charge in [0.1, 0.15) is 13.2 Å². The lowest BCUT2D eigenvalue weighted by Crippen LogP contribution is -2.16. The predicted molar refractivity (Wildman–Crippen MR) is 93.2 cm³/mol. The Morgan fingerprint density at radius 1 is 1.08 bits per heavy atom. The molecule has 1 aliphatic rings. The van der Waals surface area contributed by atoms with Crippen LogP contribution in [-0.4, -0.2) is 30.7 Å². The Morgan fingerprint density at radius 3 is 2.62 bits per heavy atom. The molecule has 3 rings (SSSR count). The summed E-state index contributed by atoms with van der Waals surface area (Å²) in [7, 11) is 0. The summed E-state index contributed by atoms with van der Waals surface area (Å²) in [6.45, 7) is 2.57. The fourth-order valence-electron chi connectivity index (χ4n) is 2.35. The number of anilines is 1. The molecular formula is C18H17NO4S. The van der Waals surface area contributed by atoms with Gasteiger partial charge in [-0.2, -0.15) is 0 Å². The Bertz CT molecular complexity index is 775. The van der Waals surface area contributed by atoms with Crippen molar-refractivity contribution in [3.63, 3.8) is 0 Å². The van der Waals surface area contributed by atoms with Gasteiger partial charge in [0, 0.05) is 10.5 Å². The van der Waals surface area contributed by atoms with E-state index in [2.05, 4.69) is 5.32 Å². The second-order valence-electron chi connectivity index (χ2n) is 5.24. The van der Waals surface area contributed by atoms with E-state index in [0.29, 0.717) is 30.2 Å². The van der Waals surface area contributed by atoms with Crippen LogP contribution in [0.25, 0.3) is 0 Å². The molecule has 0 aliphatic carbocycles. The van der Waals surface area contributed by atoms with E-state index in [1.165, 1.54) is 18.7 Å². The Labute approximate surface area is 144 Å². The van der Waals surface area contributed by atoms with Gasteiger partial charge >= 0.3 is 0 Å². The summed E-state index contributed by atoms with van der Waals surface area (Å²) in [5.74, 6) is 1.43. The number of nitrogens with one attached hydrogen (secondary N) is 1. The van der Waals surface area contributed by atoms with Crippen molar-refractivity contribution in [1.29, 1.82) is 0 Å². The first-order chi connectivity index (χ1) is 11.6. The number of amides is 1. The Hall–Kier alpha value is -2.47. The number of ketones is 1. The molecule has 5 nitrogen and oxygen atoms in total. The van der Waals surface area contributed by atoms with Crippen molar-refractivity contribution >= 4 is 29.1 Å². The van der Waals surface area contributed by atoms with E-state index in [9.17, 15) is 9.59 Å². The van der Waals surface area contributed by atoms with Crippen molar-refractivity contribution in [2.45, 2.75) is 11.8 Å². The third-order valence-electron chi connectivity index (χ3n) is 3.46. The topological polar surface area (TPSA) is 64.6 Å². The molecule has 0 aromatic heterocycles. The molecule has 0 fully saturated rings. The Morgan fingerprint density at radius 2 is 1.83 bits per heavy atom. The largest absolute Gasteiger partial charge is 0.486 e. The van der Waals surface area contributed by atoms with E-state index >= 15 is 0 Å². The minimum atomic E-state index is -0.163. The van der Waals surface area contributed by atoms with Crippen molar-refractivity contribution in [2.24, 2.45) is 0 Å². The van der Waals surface area contributed by atoms with Crippen LogP contribution in [-0.2, 0) is 4.79 Å². The van der Waals surface area contributed by atoms with Crippen molar-refractivity contribution in [3.8, 4) is 11.5 Å². The lowest BCUT2D eigenvalue weighted by Gasteiger charge is -2.18. The zero-order valence-corrected chi connectivity index (χ0v) is 14.0. The average Bonchev–Trinajstić information content (AvgIpc) is 2.60. The molecule has 2 aromatic carbocycles. The second kappa shape index (κ2) is 7.40. The van der Waals surface area contributed by atoms with Gasteiger partial charge in [0.15, 0.2) is 17.3 Å². The first-order valence-electron chi connectivity index (χ1n) is 7.56. The third-order valence-corrected chi connectivity index (χ3v) is 4.46. The van der Waals surface area contributed by atoms with Crippen LogP contribution in [0.1, 0.15) is 17.3 Å². The van der Waals surface area contributed by atoms with Crippen LogP contribution in [0.2, 0.25) is 0 Å². The molecule has 0 saturated heterocycles. The molecule has 0 spiro atoms. The number of hydrogen-bond donors (Lipinski definition) is 1. The number of carbonyl (C=O) groups excluding carboxylic acids is 2. The van der Waals surface area contributed by atoms with E-state index < -0.39 is 0 Å². The summed E-state index contributed by atoms with van der Waals surface area (Å²) >= 11 is 1.40. The van der Waals surface area contributed by atoms with Crippen molar-refractivity contribution < 1.29 is 19.1 Å². The Balaban J connectivity index is 1.61. The molecule has 6 heteroatoms. The van der Waals surface area contributed by atoms with Gasteiger partial charge in [-0.25, -0.2) is 0 Å². The van der Waals surface area contributed by atoms with Gasteiger partial charge in [0.05, 0.1) is 11.4 Å². The van der Waals surface area contributed by atoms with E-state index in [4.69, 9.17) is 9.47 Å². The van der Waals surface area contributed by atoms with Gasteiger partial charge in [-0.1, -0.05) is 12.1 Å². The first-order valence-corrected chi connectivity index (χ1v) is 8.54. The smallest absolute Gasteiger partial charge is 0.234 e. The number of thioether (sulfide) groups is 1. The van der Waals surface area contributed by atoms with E-state index in [1.54, 1.807) is 24.3 Å². The molecule has 1 aliphatic heterocycles. The fraction of sp³-hybridized carbons (Fsp3) is 0.222. The minimum absolute atomic E-state index is 0.0783. The monoisotopic (exact) mass is 343 g/mol. The molecule has 2 aromatic rings. The van der Waals surface area contributed by atoms with E-state index in [0.717, 1.165) is 10.6 Å². The summed E-state index contributed by atoms with van der Waals surface area (Å²) in [6.07, 6.45) is 0. The zero-order chi connectivity index (χ0) is 16.9. The Kier molecular flexibility index (Phi) is 5.05. The van der Waals surface area contributed by atoms with Crippen molar-refractivity contribution in [2.75, 3.05) is 24.3 Å². The summed E-state index contributed by atoms with van der Waals surface area (Å²) in [5, 5.41) is 2.79. The lowest BCUT2D eigenvalue weighted by atomic mass is 10.1. The maximum Gasteiger partial charge on any atom is 0.234 e. The van der Waals surface area contributed by atoms with Crippen molar-refractivity contribution in [3.05, 3.63) is 48.0 Å². The number of Topliss-reactive ketones (excluding diaryl/α,β-unsaturated/α-hetero) is 1. The van der Waals surface area contributed by atoms with Gasteiger partial charge in [-0.3, -0.25) is 9.59 Å². The summed E-state index contributed by atoms with van der Waals surface area (Å²) in [5.41, 5.74) is 1.05. The predicted octanol–water partition coefficient (Wildman–Crippen LogP) is 3.39. The number of ether oxygens (including phenoxy) is 2. The number of para-hydroxylation sites is 1. The lowest BCUT2D eigenvalue weighted by molar-refractivity contribution is -0.113. The normalized spacial score (nSPS) is 12.5. The highest BCUT2D eigenvalue weighted by atomic mass is 32.2. The standard InChI is InChI=1S/C18H17NO4S/c1-12(20)14-4-2-3-5-15(14)19-18(21)11-24-13-6-7-16-17(10-13)23-9-8-22-16/h2-7,10H,8-9,11H2,1H3,(H,19,21). The number of rotatable bonds is 5. The number of benzene rings is 2. The number of hydrogen-bond acceptors (Lipinski definition) is 5. The highest BCUT2D eigenvalue weighted by Crippen LogP contribution is 2.34. The molecule has 0 bridgehead atoms. The van der Waals surface area contributed by atoms with Crippen LogP contribution < -0.4 is 14.8 Å². The van der Waals surface area contributed by atoms with Crippen molar-refractivity contribution in [1.82, 2.24) is 0 Å². The molecule has 0 atom stereocenters. The molecule has 124 valence electrons. The van der Waals surface area contributed by atoms with Crippen LogP contribution in [0.4, 0.5) is 5.69 Å². The number of fused-ring (bicyclic) bond motifs is 1. The fourth-order valence-corrected chi connectivity index (χ4v) is 3.07. The van der Waals surface area contributed by atoms with Gasteiger partial charge in [-0.05, 0) is 37.3 Å². The second-order valence-corrected chi connectivity index (χ2v) is 6.29. The molecule has 0 radical (unpaired) electrons. The quantitative estimate of drug-likeness (QED) is 0.666. The van der Waals surface area contributed by atoms with Gasteiger partial charge in [-0.15, -0.1) is 11.8 Å². The van der Waals surface area contributed by atoms with Crippen LogP contribution in [0, 0.1) is 0 Å². The molecule has 1 heterocycles. The molecule has 24 heavy (non-hydrogen) atoms. The summed E-state index contributed by atoms with van der Waals surface area (Å²) in [4.78, 5) is 24.7. The SMILES string of the molecule is CC(=O)c1ccccc1NC(=O)CSc1ccc2c(c1)OCCO2. The van der Waals surface area contributed by atoms with Crippen LogP contribution in [0.15, 0.2) is 47.4 Å². The average molecular weight is 343 g/mol. The van der Waals surface area contributed by atoms with Gasteiger partial charge in [0.2, 0.25) is 5.91 Å². The summed E-state index contributed by atoms with van der Waals surface area (Å²) in [6, 6.07) is 12.6. The van der Waals surface area contributed by atoms with Crippen LogP contribution in [0.3, 0.4) is 0 Å². The highest BCUT2D eigenvalue weighted by Gasteiger charge is 2.13. The van der Waals surface area contributed by atoms with Gasteiger partial charge in [0.25, 0.3) is 0 Å². The molecule has 1 N–H and O–H groups in total. The molecule has 0 unspecified atom stereocenters. The molecule has 1 amide bonds. The molecule has 0 saturated carbocycles. The first kappa shape index (κ1) is 16.4. The molecular weight excluding hydrogens is 326 g/mol. The van der Waals surface area contributed by atoms with Crippen LogP contribution in [0.5, 0.6) is 11.5 Å². The maximum atomic E-state index is 12.2. The summed E-state index contributed by atoms with van der Waals surface area (Å²) < 4.78 is 11.0. The van der Waals surface area contributed by atoms with Crippen LogP contribution >= 0.6 is 11.8 Å². The van der Waals surface area contributed by atoms with Gasteiger partial charge < -0.3 is 14.8 Å². The maximum absolute atomic E-state index is 12.2. The number of carbonyl (C=O) groups is 2. The zero-order valence-electron chi connectivity index (χ0n) is 13.2. The highest BCUT2D eigenvalue weighted by molar-refractivity contribution is 8.00. The van der Waals surface area contributed by atoms with E-state index in [1.807, 2.05) is 18.2 Å². The minimum Gasteiger partial charge on any atom is -0.486 e. The third kappa shape index (κ3) is 3.89. The van der Waals surface area contributed by atoms with E-state index in [-0.39, 0.29) is 17.4 Å².